The molecule has 0 aliphatic carbocycles. The van der Waals surface area contributed by atoms with Gasteiger partial charge in [0.25, 0.3) is 5.91 Å². The molecule has 1 aromatic rings. The van der Waals surface area contributed by atoms with Gasteiger partial charge in [-0.15, -0.1) is 0 Å². The van der Waals surface area contributed by atoms with Gasteiger partial charge >= 0.3 is 0 Å². The number of ether oxygens (including phenoxy) is 2. The van der Waals surface area contributed by atoms with E-state index in [1.165, 1.54) is 0 Å². The number of hydrogen-bond acceptors (Lipinski definition) is 4. The van der Waals surface area contributed by atoms with E-state index in [1.807, 2.05) is 4.90 Å². The Kier molecular flexibility index (Phi) is 4.27. The van der Waals surface area contributed by atoms with Gasteiger partial charge in [-0.2, -0.15) is 0 Å². The number of nitrogens with two attached hydrogens (primary N) is 1. The first-order valence-electron chi connectivity index (χ1n) is 6.40. The van der Waals surface area contributed by atoms with Crippen molar-refractivity contribution in [2.24, 2.45) is 11.7 Å². The molecular weight excluding hydrogens is 244 g/mol. The normalized spacial score (nSPS) is 18.5. The van der Waals surface area contributed by atoms with Crippen molar-refractivity contribution in [2.45, 2.75) is 6.42 Å². The van der Waals surface area contributed by atoms with Crippen molar-refractivity contribution in [1.29, 1.82) is 0 Å². The quantitative estimate of drug-likeness (QED) is 0.885. The minimum atomic E-state index is 0.00755. The standard InChI is InChI=1S/C14H20N2O3/c1-18-12-5-11(6-13(7-12)19-2)14(17)16-4-3-10(8-15)9-16/h5-7,10H,3-4,8-9,15H2,1-2H3. The average molecular weight is 264 g/mol. The van der Waals surface area contributed by atoms with Crippen molar-refractivity contribution in [3.8, 4) is 11.5 Å². The van der Waals surface area contributed by atoms with Crippen LogP contribution in [-0.2, 0) is 0 Å². The number of hydrogen-bond donors (Lipinski definition) is 1. The fourth-order valence-electron chi connectivity index (χ4n) is 2.32. The third kappa shape index (κ3) is 2.98. The van der Waals surface area contributed by atoms with E-state index in [4.69, 9.17) is 15.2 Å². The highest BCUT2D eigenvalue weighted by Crippen LogP contribution is 2.25. The SMILES string of the molecule is COc1cc(OC)cc(C(=O)N2CCC(CN)C2)c1. The molecule has 1 saturated heterocycles. The van der Waals surface area contributed by atoms with Gasteiger partial charge in [0.05, 0.1) is 14.2 Å². The lowest BCUT2D eigenvalue weighted by atomic mass is 10.1. The van der Waals surface area contributed by atoms with Gasteiger partial charge in [0, 0.05) is 24.7 Å². The van der Waals surface area contributed by atoms with Crippen LogP contribution in [-0.4, -0.2) is 44.7 Å². The second-order valence-corrected chi connectivity index (χ2v) is 4.74. The smallest absolute Gasteiger partial charge is 0.254 e. The molecule has 104 valence electrons. The summed E-state index contributed by atoms with van der Waals surface area (Å²) < 4.78 is 10.4. The summed E-state index contributed by atoms with van der Waals surface area (Å²) >= 11 is 0. The van der Waals surface area contributed by atoms with Crippen molar-refractivity contribution in [1.82, 2.24) is 4.90 Å². The highest BCUT2D eigenvalue weighted by Gasteiger charge is 2.26. The first-order chi connectivity index (χ1) is 9.17. The van der Waals surface area contributed by atoms with Crippen LogP contribution in [0.3, 0.4) is 0 Å². The number of carbonyl (C=O) groups is 1. The topological polar surface area (TPSA) is 64.8 Å². The Hall–Kier alpha value is -1.75. The van der Waals surface area contributed by atoms with Crippen molar-refractivity contribution < 1.29 is 14.3 Å². The minimum absolute atomic E-state index is 0.00755. The summed E-state index contributed by atoms with van der Waals surface area (Å²) in [4.78, 5) is 14.3. The van der Waals surface area contributed by atoms with Crippen LogP contribution in [0.25, 0.3) is 0 Å². The third-order valence-electron chi connectivity index (χ3n) is 3.50. The maximum atomic E-state index is 12.4. The molecule has 0 aromatic heterocycles. The van der Waals surface area contributed by atoms with Crippen LogP contribution >= 0.6 is 0 Å². The largest absolute Gasteiger partial charge is 0.497 e. The molecule has 5 nitrogen and oxygen atoms in total. The first-order valence-corrected chi connectivity index (χ1v) is 6.40. The van der Waals surface area contributed by atoms with Crippen molar-refractivity contribution in [3.05, 3.63) is 23.8 Å². The Morgan fingerprint density at radius 2 is 1.95 bits per heavy atom. The maximum Gasteiger partial charge on any atom is 0.254 e. The first kappa shape index (κ1) is 13.7. The highest BCUT2D eigenvalue weighted by atomic mass is 16.5. The lowest BCUT2D eigenvalue weighted by Gasteiger charge is -2.17. The molecule has 0 bridgehead atoms. The lowest BCUT2D eigenvalue weighted by Crippen LogP contribution is -2.29. The number of methoxy groups -OCH3 is 2. The molecule has 0 saturated carbocycles. The number of carbonyl (C=O) groups excluding carboxylic acids is 1. The third-order valence-corrected chi connectivity index (χ3v) is 3.50. The molecule has 1 aliphatic rings. The molecule has 1 aromatic carbocycles. The zero-order valence-corrected chi connectivity index (χ0v) is 11.4. The van der Waals surface area contributed by atoms with Gasteiger partial charge in [0.1, 0.15) is 11.5 Å². The van der Waals surface area contributed by atoms with E-state index >= 15 is 0 Å². The van der Waals surface area contributed by atoms with Crippen LogP contribution in [0.1, 0.15) is 16.8 Å². The fraction of sp³-hybridized carbons (Fsp3) is 0.500. The molecule has 1 amide bonds. The second kappa shape index (κ2) is 5.93. The van der Waals surface area contributed by atoms with Crippen LogP contribution in [0.2, 0.25) is 0 Å². The zero-order valence-electron chi connectivity index (χ0n) is 11.4. The summed E-state index contributed by atoms with van der Waals surface area (Å²) in [5.41, 5.74) is 6.24. The number of rotatable bonds is 4. The summed E-state index contributed by atoms with van der Waals surface area (Å²) in [7, 11) is 3.15. The van der Waals surface area contributed by atoms with Crippen LogP contribution in [0.15, 0.2) is 18.2 Å². The van der Waals surface area contributed by atoms with Gasteiger partial charge in [-0.1, -0.05) is 0 Å². The van der Waals surface area contributed by atoms with Gasteiger partial charge < -0.3 is 20.1 Å². The van der Waals surface area contributed by atoms with Crippen LogP contribution < -0.4 is 15.2 Å². The van der Waals surface area contributed by atoms with E-state index in [1.54, 1.807) is 32.4 Å². The predicted molar refractivity (Wildman–Crippen MR) is 72.6 cm³/mol. The number of amides is 1. The summed E-state index contributed by atoms with van der Waals surface area (Å²) in [5, 5.41) is 0. The predicted octanol–water partition coefficient (Wildman–Crippen LogP) is 1.12. The average Bonchev–Trinajstić information content (AvgIpc) is 2.94. The van der Waals surface area contributed by atoms with Gasteiger partial charge in [0.15, 0.2) is 0 Å². The molecule has 0 radical (unpaired) electrons. The summed E-state index contributed by atoms with van der Waals surface area (Å²) in [6, 6.07) is 5.23. The van der Waals surface area contributed by atoms with Crippen LogP contribution in [0.5, 0.6) is 11.5 Å². The maximum absolute atomic E-state index is 12.4. The molecule has 5 heteroatoms. The Morgan fingerprint density at radius 1 is 1.32 bits per heavy atom. The van der Waals surface area contributed by atoms with Gasteiger partial charge in [-0.25, -0.2) is 0 Å². The fourth-order valence-corrected chi connectivity index (χ4v) is 2.32. The van der Waals surface area contributed by atoms with E-state index in [9.17, 15) is 4.79 Å². The van der Waals surface area contributed by atoms with E-state index in [-0.39, 0.29) is 5.91 Å². The molecule has 1 aliphatic heterocycles. The van der Waals surface area contributed by atoms with Crippen molar-refractivity contribution in [3.63, 3.8) is 0 Å². The molecule has 1 unspecified atom stereocenters. The Labute approximate surface area is 113 Å². The van der Waals surface area contributed by atoms with Crippen molar-refractivity contribution in [2.75, 3.05) is 33.9 Å². The van der Waals surface area contributed by atoms with Gasteiger partial charge in [-0.05, 0) is 31.0 Å². The highest BCUT2D eigenvalue weighted by molar-refractivity contribution is 5.95. The van der Waals surface area contributed by atoms with Crippen molar-refractivity contribution >= 4 is 5.91 Å². The lowest BCUT2D eigenvalue weighted by molar-refractivity contribution is 0.0787. The van der Waals surface area contributed by atoms with Gasteiger partial charge in [-0.3, -0.25) is 4.79 Å². The Balaban J connectivity index is 2.19. The van der Waals surface area contributed by atoms with Crippen LogP contribution in [0, 0.1) is 5.92 Å². The number of likely N-dealkylation sites (tertiary alicyclic amines) is 1. The van der Waals surface area contributed by atoms with E-state index in [2.05, 4.69) is 0 Å². The molecule has 0 spiro atoms. The summed E-state index contributed by atoms with van der Waals surface area (Å²) in [6.45, 7) is 2.13. The summed E-state index contributed by atoms with van der Waals surface area (Å²) in [6.07, 6.45) is 0.976. The molecule has 19 heavy (non-hydrogen) atoms. The molecule has 1 fully saturated rings. The Bertz CT molecular complexity index is 440. The van der Waals surface area contributed by atoms with E-state index in [0.29, 0.717) is 29.5 Å². The monoisotopic (exact) mass is 264 g/mol. The van der Waals surface area contributed by atoms with E-state index < -0.39 is 0 Å². The van der Waals surface area contributed by atoms with E-state index in [0.717, 1.165) is 19.5 Å². The minimum Gasteiger partial charge on any atom is -0.497 e. The van der Waals surface area contributed by atoms with Gasteiger partial charge in [0.2, 0.25) is 0 Å². The molecule has 1 atom stereocenters. The zero-order chi connectivity index (χ0) is 13.8. The number of nitrogens with zero attached hydrogens (tertiary/aromatic N) is 1. The Morgan fingerprint density at radius 3 is 2.42 bits per heavy atom. The number of benzene rings is 1. The molecule has 2 N–H and O–H groups in total. The molecular formula is C14H20N2O3. The molecule has 2 rings (SSSR count). The second-order valence-electron chi connectivity index (χ2n) is 4.74. The van der Waals surface area contributed by atoms with Crippen LogP contribution in [0.4, 0.5) is 0 Å². The summed E-state index contributed by atoms with van der Waals surface area (Å²) in [5.74, 6) is 1.67. The molecule has 1 heterocycles.